The van der Waals surface area contributed by atoms with Gasteiger partial charge in [0.15, 0.2) is 0 Å². The zero-order chi connectivity index (χ0) is 13.7. The van der Waals surface area contributed by atoms with E-state index in [1.807, 2.05) is 24.3 Å². The molecule has 1 aromatic carbocycles. The first kappa shape index (κ1) is 12.8. The van der Waals surface area contributed by atoms with Crippen molar-refractivity contribution in [3.05, 3.63) is 58.3 Å². The van der Waals surface area contributed by atoms with Gasteiger partial charge in [-0.1, -0.05) is 12.1 Å². The third-order valence-electron chi connectivity index (χ3n) is 2.66. The molecule has 0 aliphatic carbocycles. The number of aromatic nitrogens is 1. The van der Waals surface area contributed by atoms with Crippen LogP contribution in [-0.4, -0.2) is 16.5 Å². The van der Waals surface area contributed by atoms with Gasteiger partial charge in [-0.05, 0) is 30.2 Å². The average Bonchev–Trinajstić information content (AvgIpc) is 2.41. The van der Waals surface area contributed by atoms with Crippen molar-refractivity contribution in [2.45, 2.75) is 6.42 Å². The van der Waals surface area contributed by atoms with Crippen molar-refractivity contribution >= 4 is 17.2 Å². The van der Waals surface area contributed by atoms with Crippen LogP contribution in [0.2, 0.25) is 0 Å². The summed E-state index contributed by atoms with van der Waals surface area (Å²) in [6.07, 6.45) is 2.07. The smallest absolute Gasteiger partial charge is 0.287 e. The highest BCUT2D eigenvalue weighted by molar-refractivity contribution is 5.41. The minimum absolute atomic E-state index is 0.0101. The number of benzene rings is 1. The number of hydrogen-bond acceptors (Lipinski definition) is 5. The molecule has 1 heterocycles. The van der Waals surface area contributed by atoms with Crippen LogP contribution in [0.5, 0.6) is 0 Å². The predicted molar refractivity (Wildman–Crippen MR) is 73.9 cm³/mol. The summed E-state index contributed by atoms with van der Waals surface area (Å²) in [6, 6.07) is 10.7. The second kappa shape index (κ2) is 5.81. The zero-order valence-electron chi connectivity index (χ0n) is 10.2. The van der Waals surface area contributed by atoms with Crippen molar-refractivity contribution in [2.75, 3.05) is 17.6 Å². The van der Waals surface area contributed by atoms with Crippen LogP contribution in [0.15, 0.2) is 42.6 Å². The van der Waals surface area contributed by atoms with Crippen LogP contribution in [0.4, 0.5) is 17.2 Å². The third kappa shape index (κ3) is 3.67. The van der Waals surface area contributed by atoms with E-state index in [0.29, 0.717) is 12.4 Å². The van der Waals surface area contributed by atoms with E-state index in [1.165, 1.54) is 17.8 Å². The molecule has 0 bridgehead atoms. The lowest BCUT2D eigenvalue weighted by Crippen LogP contribution is -2.06. The molecule has 0 unspecified atom stereocenters. The number of nitrogens with one attached hydrogen (secondary N) is 1. The molecule has 2 rings (SSSR count). The Bertz CT molecular complexity index is 552. The summed E-state index contributed by atoms with van der Waals surface area (Å²) in [5.74, 6) is 0.626. The molecule has 3 N–H and O–H groups in total. The Hall–Kier alpha value is -2.63. The normalized spacial score (nSPS) is 10.1. The van der Waals surface area contributed by atoms with E-state index in [9.17, 15) is 10.1 Å². The van der Waals surface area contributed by atoms with Gasteiger partial charge in [-0.15, -0.1) is 0 Å². The summed E-state index contributed by atoms with van der Waals surface area (Å²) in [5, 5.41) is 13.6. The summed E-state index contributed by atoms with van der Waals surface area (Å²) >= 11 is 0. The molecule has 0 saturated heterocycles. The monoisotopic (exact) mass is 258 g/mol. The van der Waals surface area contributed by atoms with Crippen molar-refractivity contribution in [2.24, 2.45) is 0 Å². The minimum Gasteiger partial charge on any atom is -0.399 e. The number of hydrogen-bond donors (Lipinski definition) is 2. The molecule has 6 nitrogen and oxygen atoms in total. The van der Waals surface area contributed by atoms with Gasteiger partial charge in [-0.3, -0.25) is 10.1 Å². The molecule has 2 aromatic rings. The van der Waals surface area contributed by atoms with Gasteiger partial charge in [0.2, 0.25) is 0 Å². The van der Waals surface area contributed by atoms with Crippen molar-refractivity contribution in [3.63, 3.8) is 0 Å². The molecule has 0 radical (unpaired) electrons. The Labute approximate surface area is 110 Å². The molecule has 0 aliphatic rings. The number of nitrogen functional groups attached to an aromatic ring is 1. The topological polar surface area (TPSA) is 94.1 Å². The Morgan fingerprint density at radius 2 is 1.95 bits per heavy atom. The van der Waals surface area contributed by atoms with Gasteiger partial charge in [-0.2, -0.15) is 0 Å². The molecule has 0 aliphatic heterocycles. The Morgan fingerprint density at radius 3 is 2.53 bits per heavy atom. The van der Waals surface area contributed by atoms with E-state index in [-0.39, 0.29) is 5.69 Å². The molecule has 0 amide bonds. The SMILES string of the molecule is Nc1ccc(CCNc2ccc([N+](=O)[O-])cn2)cc1. The van der Waals surface area contributed by atoms with Gasteiger partial charge in [0.25, 0.3) is 5.69 Å². The van der Waals surface area contributed by atoms with E-state index in [2.05, 4.69) is 10.3 Å². The second-order valence-electron chi connectivity index (χ2n) is 4.08. The minimum atomic E-state index is -0.467. The fourth-order valence-corrected chi connectivity index (χ4v) is 1.62. The second-order valence-corrected chi connectivity index (χ2v) is 4.08. The Balaban J connectivity index is 1.85. The van der Waals surface area contributed by atoms with Crippen LogP contribution in [-0.2, 0) is 6.42 Å². The number of nitrogens with two attached hydrogens (primary N) is 1. The van der Waals surface area contributed by atoms with Crippen molar-refractivity contribution in [3.8, 4) is 0 Å². The van der Waals surface area contributed by atoms with Crippen LogP contribution in [0.25, 0.3) is 0 Å². The highest BCUT2D eigenvalue weighted by Gasteiger charge is 2.04. The summed E-state index contributed by atoms with van der Waals surface area (Å²) in [4.78, 5) is 14.0. The maximum absolute atomic E-state index is 10.5. The van der Waals surface area contributed by atoms with Crippen LogP contribution in [0, 0.1) is 10.1 Å². The molecule has 0 spiro atoms. The van der Waals surface area contributed by atoms with Gasteiger partial charge in [-0.25, -0.2) is 4.98 Å². The molecule has 0 fully saturated rings. The standard InChI is InChI=1S/C13H14N4O2/c14-11-3-1-10(2-4-11)7-8-15-13-6-5-12(9-16-13)17(18)19/h1-6,9H,7-8,14H2,(H,15,16). The number of rotatable bonds is 5. The van der Waals surface area contributed by atoms with E-state index in [1.54, 1.807) is 6.07 Å². The first-order valence-electron chi connectivity index (χ1n) is 5.84. The van der Waals surface area contributed by atoms with Gasteiger partial charge in [0, 0.05) is 18.3 Å². The lowest BCUT2D eigenvalue weighted by molar-refractivity contribution is -0.385. The maximum Gasteiger partial charge on any atom is 0.287 e. The molecule has 19 heavy (non-hydrogen) atoms. The first-order chi connectivity index (χ1) is 9.15. The summed E-state index contributed by atoms with van der Waals surface area (Å²) in [7, 11) is 0. The molecule has 0 saturated carbocycles. The lowest BCUT2D eigenvalue weighted by Gasteiger charge is -2.05. The summed E-state index contributed by atoms with van der Waals surface area (Å²) in [5.41, 5.74) is 7.51. The number of pyridine rings is 1. The van der Waals surface area contributed by atoms with E-state index < -0.39 is 4.92 Å². The van der Waals surface area contributed by atoms with Crippen LogP contribution < -0.4 is 11.1 Å². The predicted octanol–water partition coefficient (Wildman–Crippen LogP) is 2.23. The summed E-state index contributed by atoms with van der Waals surface area (Å²) in [6.45, 7) is 0.703. The molecule has 98 valence electrons. The molecular weight excluding hydrogens is 244 g/mol. The van der Waals surface area contributed by atoms with Crippen molar-refractivity contribution in [1.29, 1.82) is 0 Å². The van der Waals surface area contributed by atoms with Gasteiger partial charge >= 0.3 is 0 Å². The highest BCUT2D eigenvalue weighted by atomic mass is 16.6. The molecular formula is C13H14N4O2. The van der Waals surface area contributed by atoms with Crippen LogP contribution >= 0.6 is 0 Å². The number of nitrogens with zero attached hydrogens (tertiary/aromatic N) is 2. The van der Waals surface area contributed by atoms with Crippen molar-refractivity contribution < 1.29 is 4.92 Å². The largest absolute Gasteiger partial charge is 0.399 e. The third-order valence-corrected chi connectivity index (χ3v) is 2.66. The van der Waals surface area contributed by atoms with E-state index in [4.69, 9.17) is 5.73 Å². The maximum atomic E-state index is 10.5. The number of anilines is 2. The van der Waals surface area contributed by atoms with E-state index >= 15 is 0 Å². The Kier molecular flexibility index (Phi) is 3.92. The first-order valence-corrected chi connectivity index (χ1v) is 5.84. The van der Waals surface area contributed by atoms with Crippen LogP contribution in [0.3, 0.4) is 0 Å². The van der Waals surface area contributed by atoms with Crippen LogP contribution in [0.1, 0.15) is 5.56 Å². The highest BCUT2D eigenvalue weighted by Crippen LogP contribution is 2.12. The van der Waals surface area contributed by atoms with E-state index in [0.717, 1.165) is 12.1 Å². The Morgan fingerprint density at radius 1 is 1.21 bits per heavy atom. The average molecular weight is 258 g/mol. The number of nitro groups is 1. The zero-order valence-corrected chi connectivity index (χ0v) is 10.2. The lowest BCUT2D eigenvalue weighted by atomic mass is 10.1. The molecule has 1 aromatic heterocycles. The van der Waals surface area contributed by atoms with Crippen molar-refractivity contribution in [1.82, 2.24) is 4.98 Å². The van der Waals surface area contributed by atoms with Gasteiger partial charge in [0.1, 0.15) is 12.0 Å². The fourth-order valence-electron chi connectivity index (χ4n) is 1.62. The quantitative estimate of drug-likeness (QED) is 0.487. The molecule has 0 atom stereocenters. The fraction of sp³-hybridized carbons (Fsp3) is 0.154. The van der Waals surface area contributed by atoms with Gasteiger partial charge in [0.05, 0.1) is 4.92 Å². The summed E-state index contributed by atoms with van der Waals surface area (Å²) < 4.78 is 0. The van der Waals surface area contributed by atoms with Gasteiger partial charge < -0.3 is 11.1 Å². The molecule has 6 heteroatoms.